The quantitative estimate of drug-likeness (QED) is 0.728. The summed E-state index contributed by atoms with van der Waals surface area (Å²) in [6, 6.07) is 10.6. The molecule has 0 atom stereocenters. The van der Waals surface area contributed by atoms with Crippen molar-refractivity contribution >= 4 is 33.2 Å². The summed E-state index contributed by atoms with van der Waals surface area (Å²) in [6.45, 7) is 2.95. The average molecular weight is 436 g/mol. The Labute approximate surface area is 175 Å². The minimum atomic E-state index is -3.87. The van der Waals surface area contributed by atoms with Gasteiger partial charge in [0.25, 0.3) is 5.91 Å². The van der Waals surface area contributed by atoms with Gasteiger partial charge in [-0.3, -0.25) is 9.69 Å². The number of sulfonamides is 1. The van der Waals surface area contributed by atoms with Crippen LogP contribution in [-0.2, 0) is 27.9 Å². The van der Waals surface area contributed by atoms with Crippen LogP contribution in [0.2, 0.25) is 5.02 Å². The monoisotopic (exact) mass is 435 g/mol. The highest BCUT2D eigenvalue weighted by Crippen LogP contribution is 2.35. The minimum absolute atomic E-state index is 0.0207. The molecule has 0 spiro atoms. The Morgan fingerprint density at radius 1 is 1.14 bits per heavy atom. The molecule has 4 rings (SSSR count). The van der Waals surface area contributed by atoms with Crippen molar-refractivity contribution in [3.8, 4) is 5.75 Å². The normalized spacial score (nSPS) is 16.9. The van der Waals surface area contributed by atoms with E-state index >= 15 is 0 Å². The molecule has 9 heteroatoms. The number of hydrogen-bond donors (Lipinski definition) is 2. The maximum absolute atomic E-state index is 12.9. The Kier molecular flexibility index (Phi) is 5.78. The molecule has 7 nitrogen and oxygen atoms in total. The Morgan fingerprint density at radius 3 is 2.62 bits per heavy atom. The summed E-state index contributed by atoms with van der Waals surface area (Å²) in [7, 11) is -3.87. The van der Waals surface area contributed by atoms with E-state index in [9.17, 15) is 13.2 Å². The maximum atomic E-state index is 12.9. The Balaban J connectivity index is 1.52. The van der Waals surface area contributed by atoms with E-state index in [1.54, 1.807) is 0 Å². The SMILES string of the molecule is O=C1COc2cc(S(=O)(=O)NCc3ccccc3CN3CCCC3)c(Cl)cc2N1. The van der Waals surface area contributed by atoms with Crippen LogP contribution in [0.3, 0.4) is 0 Å². The molecule has 0 aliphatic carbocycles. The lowest BCUT2D eigenvalue weighted by Crippen LogP contribution is -2.27. The van der Waals surface area contributed by atoms with E-state index in [2.05, 4.69) is 14.9 Å². The van der Waals surface area contributed by atoms with Crippen LogP contribution < -0.4 is 14.8 Å². The molecule has 0 saturated carbocycles. The zero-order valence-corrected chi connectivity index (χ0v) is 17.4. The van der Waals surface area contributed by atoms with Gasteiger partial charge in [0.05, 0.1) is 10.7 Å². The second-order valence-electron chi connectivity index (χ2n) is 7.19. The zero-order chi connectivity index (χ0) is 20.4. The van der Waals surface area contributed by atoms with Gasteiger partial charge in [-0.25, -0.2) is 13.1 Å². The first kappa shape index (κ1) is 20.2. The number of anilines is 1. The predicted molar refractivity (Wildman–Crippen MR) is 111 cm³/mol. The lowest BCUT2D eigenvalue weighted by Gasteiger charge is -2.20. The zero-order valence-electron chi connectivity index (χ0n) is 15.8. The lowest BCUT2D eigenvalue weighted by molar-refractivity contribution is -0.118. The van der Waals surface area contributed by atoms with E-state index in [1.807, 2.05) is 24.3 Å². The van der Waals surface area contributed by atoms with E-state index in [0.717, 1.165) is 30.8 Å². The number of likely N-dealkylation sites (tertiary alicyclic amines) is 1. The average Bonchev–Trinajstić information content (AvgIpc) is 3.20. The van der Waals surface area contributed by atoms with Crippen molar-refractivity contribution in [2.24, 2.45) is 0 Å². The number of fused-ring (bicyclic) bond motifs is 1. The third kappa shape index (κ3) is 4.56. The molecule has 0 radical (unpaired) electrons. The molecule has 2 aliphatic rings. The number of benzene rings is 2. The van der Waals surface area contributed by atoms with Gasteiger partial charge in [0, 0.05) is 19.2 Å². The highest BCUT2D eigenvalue weighted by atomic mass is 35.5. The summed E-state index contributed by atoms with van der Waals surface area (Å²) >= 11 is 6.19. The topological polar surface area (TPSA) is 87.7 Å². The lowest BCUT2D eigenvalue weighted by atomic mass is 10.1. The molecule has 29 heavy (non-hydrogen) atoms. The molecule has 1 fully saturated rings. The van der Waals surface area contributed by atoms with Crippen molar-refractivity contribution in [3.05, 3.63) is 52.5 Å². The molecular formula is C20H22ClN3O4S. The second kappa shape index (κ2) is 8.31. The smallest absolute Gasteiger partial charge is 0.262 e. The number of amides is 1. The van der Waals surface area contributed by atoms with Crippen LogP contribution in [0.5, 0.6) is 5.75 Å². The third-order valence-corrected chi connectivity index (χ3v) is 6.99. The molecule has 0 aromatic heterocycles. The van der Waals surface area contributed by atoms with Gasteiger partial charge in [0.15, 0.2) is 6.61 Å². The molecule has 154 valence electrons. The number of carbonyl (C=O) groups excluding carboxylic acids is 1. The van der Waals surface area contributed by atoms with Crippen LogP contribution in [0.1, 0.15) is 24.0 Å². The summed E-state index contributed by atoms with van der Waals surface area (Å²) in [5, 5.41) is 2.63. The van der Waals surface area contributed by atoms with Crippen LogP contribution in [0.15, 0.2) is 41.3 Å². The van der Waals surface area contributed by atoms with E-state index < -0.39 is 10.0 Å². The van der Waals surface area contributed by atoms with Crippen molar-refractivity contribution < 1.29 is 17.9 Å². The summed E-state index contributed by atoms with van der Waals surface area (Å²) in [4.78, 5) is 13.7. The number of rotatable bonds is 6. The summed E-state index contributed by atoms with van der Waals surface area (Å²) in [6.07, 6.45) is 2.41. The third-order valence-electron chi connectivity index (χ3n) is 5.12. The van der Waals surface area contributed by atoms with Crippen LogP contribution >= 0.6 is 11.6 Å². The van der Waals surface area contributed by atoms with E-state index in [1.165, 1.54) is 25.0 Å². The molecule has 1 saturated heterocycles. The van der Waals surface area contributed by atoms with Crippen LogP contribution in [0.25, 0.3) is 0 Å². The molecule has 2 heterocycles. The van der Waals surface area contributed by atoms with Crippen molar-refractivity contribution in [3.63, 3.8) is 0 Å². The molecule has 0 bridgehead atoms. The molecule has 2 aromatic rings. The number of ether oxygens (including phenoxy) is 1. The van der Waals surface area contributed by atoms with Crippen LogP contribution in [-0.4, -0.2) is 38.9 Å². The summed E-state index contributed by atoms with van der Waals surface area (Å²) in [5.74, 6) is -0.0271. The number of nitrogens with one attached hydrogen (secondary N) is 2. The van der Waals surface area contributed by atoms with Gasteiger partial charge in [-0.1, -0.05) is 35.9 Å². The first-order valence-electron chi connectivity index (χ1n) is 9.47. The fourth-order valence-electron chi connectivity index (χ4n) is 3.60. The first-order chi connectivity index (χ1) is 13.9. The molecule has 0 unspecified atom stereocenters. The van der Waals surface area contributed by atoms with Crippen molar-refractivity contribution in [1.82, 2.24) is 9.62 Å². The van der Waals surface area contributed by atoms with Gasteiger partial charge in [-0.2, -0.15) is 0 Å². The van der Waals surface area contributed by atoms with Crippen molar-refractivity contribution in [2.75, 3.05) is 25.0 Å². The summed E-state index contributed by atoms with van der Waals surface area (Å²) in [5.41, 5.74) is 2.40. The van der Waals surface area contributed by atoms with Crippen molar-refractivity contribution in [2.45, 2.75) is 30.8 Å². The van der Waals surface area contributed by atoms with Gasteiger partial charge in [0.2, 0.25) is 10.0 Å². The number of hydrogen-bond acceptors (Lipinski definition) is 5. The molecular weight excluding hydrogens is 414 g/mol. The standard InChI is InChI=1S/C20H22ClN3O4S/c21-16-9-17-18(28-13-20(25)23-17)10-19(16)29(26,27)22-11-14-5-1-2-6-15(14)12-24-7-3-4-8-24/h1-2,5-6,9-10,22H,3-4,7-8,11-13H2,(H,23,25). The second-order valence-corrected chi connectivity index (χ2v) is 9.33. The van der Waals surface area contributed by atoms with Crippen molar-refractivity contribution in [1.29, 1.82) is 0 Å². The van der Waals surface area contributed by atoms with E-state index in [4.69, 9.17) is 16.3 Å². The van der Waals surface area contributed by atoms with Gasteiger partial charge < -0.3 is 10.1 Å². The van der Waals surface area contributed by atoms with Crippen LogP contribution in [0, 0.1) is 0 Å². The number of nitrogens with zero attached hydrogens (tertiary/aromatic N) is 1. The molecule has 2 aliphatic heterocycles. The first-order valence-corrected chi connectivity index (χ1v) is 11.3. The Hall–Kier alpha value is -2.13. The van der Waals surface area contributed by atoms with Crippen LogP contribution in [0.4, 0.5) is 5.69 Å². The Bertz CT molecular complexity index is 1040. The van der Waals surface area contributed by atoms with E-state index in [-0.39, 0.29) is 34.7 Å². The largest absolute Gasteiger partial charge is 0.482 e. The Morgan fingerprint density at radius 2 is 1.86 bits per heavy atom. The number of carbonyl (C=O) groups is 1. The van der Waals surface area contributed by atoms with E-state index in [0.29, 0.717) is 5.69 Å². The number of halogens is 1. The highest BCUT2D eigenvalue weighted by Gasteiger charge is 2.24. The molecule has 2 aromatic carbocycles. The minimum Gasteiger partial charge on any atom is -0.482 e. The maximum Gasteiger partial charge on any atom is 0.262 e. The fraction of sp³-hybridized carbons (Fsp3) is 0.350. The highest BCUT2D eigenvalue weighted by molar-refractivity contribution is 7.89. The summed E-state index contributed by atoms with van der Waals surface area (Å²) < 4.78 is 33.7. The predicted octanol–water partition coefficient (Wildman–Crippen LogP) is 2.75. The molecule has 2 N–H and O–H groups in total. The molecule has 1 amide bonds. The van der Waals surface area contributed by atoms with Gasteiger partial charge >= 0.3 is 0 Å². The van der Waals surface area contributed by atoms with Gasteiger partial charge in [-0.15, -0.1) is 0 Å². The van der Waals surface area contributed by atoms with Gasteiger partial charge in [-0.05, 0) is 43.1 Å². The van der Waals surface area contributed by atoms with Gasteiger partial charge in [0.1, 0.15) is 10.6 Å². The fourth-order valence-corrected chi connectivity index (χ4v) is 5.15.